The van der Waals surface area contributed by atoms with E-state index in [1.807, 2.05) is 6.92 Å². The van der Waals surface area contributed by atoms with Crippen LogP contribution in [0.4, 0.5) is 0 Å². The summed E-state index contributed by atoms with van der Waals surface area (Å²) in [5.41, 5.74) is -0.0768. The summed E-state index contributed by atoms with van der Waals surface area (Å²) in [6.07, 6.45) is 0.773. The molecule has 1 unspecified atom stereocenters. The minimum absolute atomic E-state index is 0.0768. The fourth-order valence-corrected chi connectivity index (χ4v) is 4.04. The Labute approximate surface area is 85.9 Å². The summed E-state index contributed by atoms with van der Waals surface area (Å²) in [4.78, 5) is 0. The Morgan fingerprint density at radius 2 is 2.21 bits per heavy atom. The van der Waals surface area contributed by atoms with E-state index in [1.165, 1.54) is 0 Å². The van der Waals surface area contributed by atoms with Crippen molar-refractivity contribution < 1.29 is 13.2 Å². The molecule has 84 valence electrons. The third-order valence-corrected chi connectivity index (χ3v) is 4.58. The van der Waals surface area contributed by atoms with Crippen molar-refractivity contribution >= 4 is 9.84 Å². The summed E-state index contributed by atoms with van der Waals surface area (Å²) in [5, 5.41) is 3.22. The highest BCUT2D eigenvalue weighted by Gasteiger charge is 2.37. The molecule has 1 saturated heterocycles. The van der Waals surface area contributed by atoms with Crippen molar-refractivity contribution in [3.05, 3.63) is 0 Å². The van der Waals surface area contributed by atoms with Crippen molar-refractivity contribution in [2.75, 3.05) is 38.3 Å². The van der Waals surface area contributed by atoms with Gasteiger partial charge < -0.3 is 10.1 Å². The van der Waals surface area contributed by atoms with Crippen LogP contribution in [0.2, 0.25) is 0 Å². The Kier molecular flexibility index (Phi) is 3.92. The molecule has 1 N–H and O–H groups in total. The predicted molar refractivity (Wildman–Crippen MR) is 56.1 cm³/mol. The SMILES string of the molecule is COCCNCC1(C)CCS(=O)(=O)C1. The zero-order valence-corrected chi connectivity index (χ0v) is 9.69. The van der Waals surface area contributed by atoms with Gasteiger partial charge in [0.15, 0.2) is 9.84 Å². The van der Waals surface area contributed by atoms with Crippen molar-refractivity contribution in [1.82, 2.24) is 5.32 Å². The monoisotopic (exact) mass is 221 g/mol. The van der Waals surface area contributed by atoms with Gasteiger partial charge >= 0.3 is 0 Å². The van der Waals surface area contributed by atoms with Crippen LogP contribution in [0.1, 0.15) is 13.3 Å². The first-order valence-corrected chi connectivity index (χ1v) is 6.70. The van der Waals surface area contributed by atoms with Crippen molar-refractivity contribution in [2.45, 2.75) is 13.3 Å². The first-order chi connectivity index (χ1) is 6.47. The molecule has 1 fully saturated rings. The van der Waals surface area contributed by atoms with Crippen molar-refractivity contribution in [2.24, 2.45) is 5.41 Å². The topological polar surface area (TPSA) is 55.4 Å². The van der Waals surface area contributed by atoms with Gasteiger partial charge in [0.25, 0.3) is 0 Å². The van der Waals surface area contributed by atoms with Crippen LogP contribution in [0.3, 0.4) is 0 Å². The van der Waals surface area contributed by atoms with Crippen LogP contribution >= 0.6 is 0 Å². The maximum atomic E-state index is 11.3. The maximum absolute atomic E-state index is 11.3. The molecular weight excluding hydrogens is 202 g/mol. The summed E-state index contributed by atoms with van der Waals surface area (Å²) in [6, 6.07) is 0. The van der Waals surface area contributed by atoms with E-state index in [2.05, 4.69) is 5.32 Å². The summed E-state index contributed by atoms with van der Waals surface area (Å²) in [7, 11) is -1.11. The van der Waals surface area contributed by atoms with Gasteiger partial charge in [-0.3, -0.25) is 0 Å². The largest absolute Gasteiger partial charge is 0.383 e. The number of nitrogens with one attached hydrogen (secondary N) is 1. The molecule has 0 aromatic heterocycles. The molecule has 4 nitrogen and oxygen atoms in total. The molecule has 14 heavy (non-hydrogen) atoms. The van der Waals surface area contributed by atoms with Gasteiger partial charge in [0.2, 0.25) is 0 Å². The molecule has 0 aliphatic carbocycles. The number of methoxy groups -OCH3 is 1. The lowest BCUT2D eigenvalue weighted by molar-refractivity contribution is 0.194. The maximum Gasteiger partial charge on any atom is 0.150 e. The van der Waals surface area contributed by atoms with Crippen molar-refractivity contribution in [3.63, 3.8) is 0 Å². The molecular formula is C9H19NO3S. The van der Waals surface area contributed by atoms with Crippen LogP contribution in [0.25, 0.3) is 0 Å². The predicted octanol–water partition coefficient (Wildman–Crippen LogP) is 0.0472. The second kappa shape index (κ2) is 4.59. The Morgan fingerprint density at radius 1 is 1.50 bits per heavy atom. The van der Waals surface area contributed by atoms with Crippen LogP contribution in [0, 0.1) is 5.41 Å². The molecule has 1 atom stereocenters. The fourth-order valence-electron chi connectivity index (χ4n) is 1.78. The average molecular weight is 221 g/mol. The van der Waals surface area contributed by atoms with E-state index in [0.717, 1.165) is 19.5 Å². The zero-order valence-electron chi connectivity index (χ0n) is 8.88. The van der Waals surface area contributed by atoms with Crippen LogP contribution < -0.4 is 5.32 Å². The molecule has 0 saturated carbocycles. The molecule has 5 heteroatoms. The molecule has 0 aromatic carbocycles. The molecule has 1 rings (SSSR count). The summed E-state index contributed by atoms with van der Waals surface area (Å²) in [5.74, 6) is 0.662. The average Bonchev–Trinajstić information content (AvgIpc) is 2.36. The van der Waals surface area contributed by atoms with E-state index in [4.69, 9.17) is 4.74 Å². The quantitative estimate of drug-likeness (QED) is 0.666. The molecule has 1 aliphatic rings. The van der Waals surface area contributed by atoms with E-state index in [1.54, 1.807) is 7.11 Å². The molecule has 0 radical (unpaired) electrons. The number of sulfone groups is 1. The highest BCUT2D eigenvalue weighted by atomic mass is 32.2. The fraction of sp³-hybridized carbons (Fsp3) is 1.00. The smallest absolute Gasteiger partial charge is 0.150 e. The lowest BCUT2D eigenvalue weighted by atomic mass is 9.90. The second-order valence-corrected chi connectivity index (χ2v) is 6.51. The van der Waals surface area contributed by atoms with Gasteiger partial charge in [0, 0.05) is 20.2 Å². The summed E-state index contributed by atoms with van der Waals surface area (Å²) < 4.78 is 27.5. The van der Waals surface area contributed by atoms with Gasteiger partial charge in [0.1, 0.15) is 0 Å². The van der Waals surface area contributed by atoms with E-state index in [9.17, 15) is 8.42 Å². The number of hydrogen-bond donors (Lipinski definition) is 1. The number of hydrogen-bond acceptors (Lipinski definition) is 4. The minimum Gasteiger partial charge on any atom is -0.383 e. The van der Waals surface area contributed by atoms with E-state index in [0.29, 0.717) is 18.1 Å². The number of rotatable bonds is 5. The highest BCUT2D eigenvalue weighted by Crippen LogP contribution is 2.30. The van der Waals surface area contributed by atoms with Crippen LogP contribution in [-0.2, 0) is 14.6 Å². The first kappa shape index (κ1) is 11.9. The second-order valence-electron chi connectivity index (χ2n) is 4.32. The third kappa shape index (κ3) is 3.55. The van der Waals surface area contributed by atoms with Crippen LogP contribution in [0.15, 0.2) is 0 Å². The minimum atomic E-state index is -2.77. The Hall–Kier alpha value is -0.130. The van der Waals surface area contributed by atoms with E-state index < -0.39 is 9.84 Å². The highest BCUT2D eigenvalue weighted by molar-refractivity contribution is 7.91. The molecule has 0 bridgehead atoms. The van der Waals surface area contributed by atoms with Gasteiger partial charge in [0.05, 0.1) is 18.1 Å². The molecule has 0 amide bonds. The Balaban J connectivity index is 2.30. The lowest BCUT2D eigenvalue weighted by Crippen LogP contribution is -2.34. The van der Waals surface area contributed by atoms with Crippen LogP contribution in [-0.4, -0.2) is 46.7 Å². The standard InChI is InChI=1S/C9H19NO3S/c1-9(7-10-4-5-13-2)3-6-14(11,12)8-9/h10H,3-8H2,1-2H3. The van der Waals surface area contributed by atoms with Gasteiger partial charge in [-0.1, -0.05) is 6.92 Å². The normalized spacial score (nSPS) is 30.7. The molecule has 0 spiro atoms. The van der Waals surface area contributed by atoms with Crippen molar-refractivity contribution in [1.29, 1.82) is 0 Å². The number of ether oxygens (including phenoxy) is 1. The Morgan fingerprint density at radius 3 is 2.71 bits per heavy atom. The third-order valence-electron chi connectivity index (χ3n) is 2.62. The van der Waals surface area contributed by atoms with E-state index >= 15 is 0 Å². The first-order valence-electron chi connectivity index (χ1n) is 4.88. The molecule has 0 aromatic rings. The molecule has 1 aliphatic heterocycles. The Bertz CT molecular complexity index is 276. The van der Waals surface area contributed by atoms with Gasteiger partial charge in [-0.15, -0.1) is 0 Å². The van der Waals surface area contributed by atoms with Gasteiger partial charge in [-0.2, -0.15) is 0 Å². The van der Waals surface area contributed by atoms with Gasteiger partial charge in [-0.25, -0.2) is 8.42 Å². The van der Waals surface area contributed by atoms with E-state index in [-0.39, 0.29) is 5.41 Å². The lowest BCUT2D eigenvalue weighted by Gasteiger charge is -2.22. The summed E-state index contributed by atoms with van der Waals surface area (Å²) >= 11 is 0. The van der Waals surface area contributed by atoms with Crippen molar-refractivity contribution in [3.8, 4) is 0 Å². The summed E-state index contributed by atoms with van der Waals surface area (Å²) in [6.45, 7) is 4.24. The van der Waals surface area contributed by atoms with Gasteiger partial charge in [-0.05, 0) is 11.8 Å². The molecule has 1 heterocycles. The van der Waals surface area contributed by atoms with Crippen LogP contribution in [0.5, 0.6) is 0 Å². The zero-order chi connectivity index (χ0) is 10.7.